The Hall–Kier alpha value is -0.300. The van der Waals surface area contributed by atoms with Crippen molar-refractivity contribution in [3.63, 3.8) is 0 Å². The van der Waals surface area contributed by atoms with Crippen LogP contribution in [0.4, 0.5) is 0 Å². The summed E-state index contributed by atoms with van der Waals surface area (Å²) < 4.78 is 0. The zero-order chi connectivity index (χ0) is 18.7. The van der Waals surface area contributed by atoms with Gasteiger partial charge in [-0.2, -0.15) is 11.8 Å². The van der Waals surface area contributed by atoms with E-state index in [1.54, 1.807) is 0 Å². The summed E-state index contributed by atoms with van der Waals surface area (Å²) in [4.78, 5) is 10.5. The normalized spacial score (nSPS) is 27.5. The van der Waals surface area contributed by atoms with Crippen LogP contribution >= 0.6 is 11.8 Å². The van der Waals surface area contributed by atoms with Gasteiger partial charge in [0.15, 0.2) is 0 Å². The van der Waals surface area contributed by atoms with Crippen molar-refractivity contribution in [2.24, 2.45) is 11.8 Å². The third kappa shape index (κ3) is 8.76. The summed E-state index contributed by atoms with van der Waals surface area (Å²) in [6.07, 6.45) is 7.62. The van der Waals surface area contributed by atoms with E-state index < -0.39 is 24.3 Å². The Morgan fingerprint density at radius 2 is 1.80 bits per heavy atom. The highest BCUT2D eigenvalue weighted by atomic mass is 32.2. The highest BCUT2D eigenvalue weighted by molar-refractivity contribution is 7.99. The second kappa shape index (κ2) is 13.0. The van der Waals surface area contributed by atoms with Crippen molar-refractivity contribution in [1.82, 2.24) is 0 Å². The predicted octanol–water partition coefficient (Wildman–Crippen LogP) is 3.05. The lowest BCUT2D eigenvalue weighted by Gasteiger charge is -2.28. The van der Waals surface area contributed by atoms with E-state index in [1.807, 2.05) is 0 Å². The number of aliphatic hydroxyl groups is 3. The molecule has 6 heteroatoms. The van der Waals surface area contributed by atoms with Crippen LogP contribution in [0.3, 0.4) is 0 Å². The Kier molecular flexibility index (Phi) is 11.8. The molecule has 0 aromatic carbocycles. The zero-order valence-electron chi connectivity index (χ0n) is 15.5. The van der Waals surface area contributed by atoms with Crippen molar-refractivity contribution in [3.8, 4) is 0 Å². The quantitative estimate of drug-likeness (QED) is 0.348. The summed E-state index contributed by atoms with van der Waals surface area (Å²) in [5.74, 6) is -0.147. The molecule has 0 radical (unpaired) electrons. The van der Waals surface area contributed by atoms with Gasteiger partial charge in [-0.05, 0) is 37.4 Å². The Balaban J connectivity index is 2.32. The summed E-state index contributed by atoms with van der Waals surface area (Å²) in [7, 11) is 0. The number of aliphatic hydroxyl groups excluding tert-OH is 3. The molecular formula is C19H36O5S. The molecule has 1 aliphatic rings. The summed E-state index contributed by atoms with van der Waals surface area (Å²) in [6.45, 7) is 2.18. The molecule has 0 saturated heterocycles. The number of hydrogen-bond donors (Lipinski definition) is 4. The summed E-state index contributed by atoms with van der Waals surface area (Å²) in [6, 6.07) is 0. The van der Waals surface area contributed by atoms with E-state index in [9.17, 15) is 20.1 Å². The van der Waals surface area contributed by atoms with E-state index in [0.29, 0.717) is 12.8 Å². The maximum absolute atomic E-state index is 10.5. The van der Waals surface area contributed by atoms with E-state index >= 15 is 0 Å². The standard InChI is InChI=1S/C19H36O5S/c1-2-3-4-5-6-10-15(20)19-14(16(21)12-17(19)22)9-7-8-11-25-13-18(23)24/h14-17,19-22H,2-13H2,1H3,(H,23,24)/t14-,15?,16?,17?,19+/m0/s1. The van der Waals surface area contributed by atoms with Crippen LogP contribution < -0.4 is 0 Å². The number of thioether (sulfide) groups is 1. The number of rotatable bonds is 14. The first-order valence-electron chi connectivity index (χ1n) is 9.81. The highest BCUT2D eigenvalue weighted by Crippen LogP contribution is 2.39. The predicted molar refractivity (Wildman–Crippen MR) is 102 cm³/mol. The average molecular weight is 377 g/mol. The number of aliphatic carboxylic acids is 1. The van der Waals surface area contributed by atoms with E-state index in [1.165, 1.54) is 31.0 Å². The molecule has 5 atom stereocenters. The van der Waals surface area contributed by atoms with Gasteiger partial charge in [0.2, 0.25) is 0 Å². The van der Waals surface area contributed by atoms with Crippen molar-refractivity contribution in [2.45, 2.75) is 89.4 Å². The second-order valence-corrected chi connectivity index (χ2v) is 8.43. The number of carboxylic acids is 1. The maximum atomic E-state index is 10.5. The fourth-order valence-electron chi connectivity index (χ4n) is 3.94. The molecule has 4 N–H and O–H groups in total. The summed E-state index contributed by atoms with van der Waals surface area (Å²) >= 11 is 1.41. The highest BCUT2D eigenvalue weighted by Gasteiger charge is 2.44. The van der Waals surface area contributed by atoms with E-state index in [4.69, 9.17) is 5.11 Å². The summed E-state index contributed by atoms with van der Waals surface area (Å²) in [5.41, 5.74) is 0. The van der Waals surface area contributed by atoms with Gasteiger partial charge in [0, 0.05) is 5.92 Å². The largest absolute Gasteiger partial charge is 0.481 e. The van der Waals surface area contributed by atoms with Crippen molar-refractivity contribution in [3.05, 3.63) is 0 Å². The fraction of sp³-hybridized carbons (Fsp3) is 0.947. The lowest BCUT2D eigenvalue weighted by molar-refractivity contribution is -0.133. The molecule has 0 aromatic rings. The van der Waals surface area contributed by atoms with Gasteiger partial charge in [-0.15, -0.1) is 0 Å². The van der Waals surface area contributed by atoms with Gasteiger partial charge in [-0.3, -0.25) is 4.79 Å². The molecule has 3 unspecified atom stereocenters. The molecule has 0 aliphatic heterocycles. The molecular weight excluding hydrogens is 340 g/mol. The Morgan fingerprint density at radius 3 is 2.48 bits per heavy atom. The first-order chi connectivity index (χ1) is 12.0. The van der Waals surface area contributed by atoms with E-state index in [2.05, 4.69) is 6.92 Å². The SMILES string of the molecule is CCCCCCCC(O)[C@@H]1C(O)CC(O)[C@@H]1CCCCSCC(=O)O. The minimum Gasteiger partial charge on any atom is -0.481 e. The van der Waals surface area contributed by atoms with Crippen LogP contribution in [-0.2, 0) is 4.79 Å². The molecule has 1 fully saturated rings. The van der Waals surface area contributed by atoms with Gasteiger partial charge in [-0.25, -0.2) is 0 Å². The molecule has 0 bridgehead atoms. The smallest absolute Gasteiger partial charge is 0.313 e. The second-order valence-electron chi connectivity index (χ2n) is 7.32. The van der Waals surface area contributed by atoms with Crippen molar-refractivity contribution >= 4 is 17.7 Å². The van der Waals surface area contributed by atoms with Gasteiger partial charge in [-0.1, -0.05) is 45.4 Å². The van der Waals surface area contributed by atoms with Crippen LogP contribution in [0.25, 0.3) is 0 Å². The minimum absolute atomic E-state index is 0.0508. The number of hydrogen-bond acceptors (Lipinski definition) is 5. The van der Waals surface area contributed by atoms with Gasteiger partial charge >= 0.3 is 5.97 Å². The van der Waals surface area contributed by atoms with Crippen LogP contribution in [-0.4, -0.2) is 56.2 Å². The van der Waals surface area contributed by atoms with Gasteiger partial charge in [0.05, 0.1) is 24.1 Å². The Morgan fingerprint density at radius 1 is 1.08 bits per heavy atom. The Labute approximate surface area is 156 Å². The van der Waals surface area contributed by atoms with Crippen LogP contribution in [0.2, 0.25) is 0 Å². The van der Waals surface area contributed by atoms with Crippen LogP contribution in [0.15, 0.2) is 0 Å². The van der Waals surface area contributed by atoms with Crippen molar-refractivity contribution in [1.29, 1.82) is 0 Å². The Bertz CT molecular complexity index is 366. The molecule has 1 aliphatic carbocycles. The molecule has 1 rings (SSSR count). The molecule has 5 nitrogen and oxygen atoms in total. The fourth-order valence-corrected chi connectivity index (χ4v) is 4.67. The maximum Gasteiger partial charge on any atom is 0.313 e. The van der Waals surface area contributed by atoms with E-state index in [-0.39, 0.29) is 17.6 Å². The number of unbranched alkanes of at least 4 members (excludes halogenated alkanes) is 5. The molecule has 25 heavy (non-hydrogen) atoms. The van der Waals surface area contributed by atoms with E-state index in [0.717, 1.165) is 37.9 Å². The third-order valence-corrected chi connectivity index (χ3v) is 6.29. The van der Waals surface area contributed by atoms with Crippen LogP contribution in [0, 0.1) is 11.8 Å². The first kappa shape index (κ1) is 22.7. The molecule has 0 aromatic heterocycles. The summed E-state index contributed by atoms with van der Waals surface area (Å²) in [5, 5.41) is 39.6. The monoisotopic (exact) mass is 376 g/mol. The van der Waals surface area contributed by atoms with Crippen LogP contribution in [0.5, 0.6) is 0 Å². The molecule has 0 spiro atoms. The van der Waals surface area contributed by atoms with Crippen molar-refractivity contribution in [2.75, 3.05) is 11.5 Å². The van der Waals surface area contributed by atoms with Gasteiger partial charge < -0.3 is 20.4 Å². The molecule has 148 valence electrons. The average Bonchev–Trinajstić information content (AvgIpc) is 2.83. The zero-order valence-corrected chi connectivity index (χ0v) is 16.3. The lowest BCUT2D eigenvalue weighted by Crippen LogP contribution is -2.33. The topological polar surface area (TPSA) is 98.0 Å². The van der Waals surface area contributed by atoms with Crippen LogP contribution in [0.1, 0.15) is 71.1 Å². The number of carboxylic acid groups (broad SMARTS) is 1. The van der Waals surface area contributed by atoms with Gasteiger partial charge in [0.1, 0.15) is 0 Å². The molecule has 1 saturated carbocycles. The minimum atomic E-state index is -0.790. The molecule has 0 amide bonds. The first-order valence-corrected chi connectivity index (χ1v) is 11.0. The number of carbonyl (C=O) groups is 1. The van der Waals surface area contributed by atoms with Gasteiger partial charge in [0.25, 0.3) is 0 Å². The lowest BCUT2D eigenvalue weighted by atomic mass is 9.83. The molecule has 0 heterocycles. The third-order valence-electron chi connectivity index (χ3n) is 5.27. The van der Waals surface area contributed by atoms with Crippen molar-refractivity contribution < 1.29 is 25.2 Å².